The van der Waals surface area contributed by atoms with E-state index in [-0.39, 0.29) is 5.91 Å². The Labute approximate surface area is 103 Å². The molecule has 86 valence electrons. The number of nitrogens with one attached hydrogen (secondary N) is 1. The van der Waals surface area contributed by atoms with E-state index in [0.717, 1.165) is 5.56 Å². The van der Waals surface area contributed by atoms with Crippen molar-refractivity contribution in [2.45, 2.75) is 0 Å². The van der Waals surface area contributed by atoms with Crippen LogP contribution >= 0.6 is 11.6 Å². The van der Waals surface area contributed by atoms with Gasteiger partial charge in [-0.15, -0.1) is 10.2 Å². The second kappa shape index (κ2) is 4.88. The Morgan fingerprint density at radius 3 is 2.59 bits per heavy atom. The Kier molecular flexibility index (Phi) is 3.30. The van der Waals surface area contributed by atoms with Crippen molar-refractivity contribution in [3.05, 3.63) is 41.3 Å². The number of hydrogen-bond donors (Lipinski definition) is 1. The van der Waals surface area contributed by atoms with Crippen LogP contribution in [0.25, 0.3) is 11.3 Å². The molecular formula is C11H9ClN4O. The van der Waals surface area contributed by atoms with Crippen molar-refractivity contribution in [2.24, 2.45) is 0 Å². The second-order valence-corrected chi connectivity index (χ2v) is 3.64. The minimum absolute atomic E-state index is 0.223. The molecule has 0 aromatic carbocycles. The molecule has 2 heterocycles. The summed E-state index contributed by atoms with van der Waals surface area (Å²) in [6, 6.07) is 6.78. The summed E-state index contributed by atoms with van der Waals surface area (Å²) >= 11 is 5.64. The molecule has 0 saturated carbocycles. The maximum absolute atomic E-state index is 11.3. The number of nitrogens with zero attached hydrogens (tertiary/aromatic N) is 3. The molecule has 0 saturated heterocycles. The summed E-state index contributed by atoms with van der Waals surface area (Å²) in [4.78, 5) is 15.3. The van der Waals surface area contributed by atoms with Crippen LogP contribution in [0.1, 0.15) is 10.5 Å². The van der Waals surface area contributed by atoms with Crippen LogP contribution in [0.3, 0.4) is 0 Å². The maximum atomic E-state index is 11.3. The second-order valence-electron chi connectivity index (χ2n) is 3.25. The van der Waals surface area contributed by atoms with Gasteiger partial charge in [0.2, 0.25) is 0 Å². The highest BCUT2D eigenvalue weighted by molar-refractivity contribution is 6.29. The molecule has 1 N–H and O–H groups in total. The molecule has 0 aliphatic carbocycles. The number of aromatic nitrogens is 3. The molecule has 5 nitrogen and oxygen atoms in total. The van der Waals surface area contributed by atoms with Crippen LogP contribution in [0.15, 0.2) is 30.5 Å². The van der Waals surface area contributed by atoms with Gasteiger partial charge in [0.1, 0.15) is 5.69 Å². The predicted molar refractivity (Wildman–Crippen MR) is 63.7 cm³/mol. The van der Waals surface area contributed by atoms with E-state index in [2.05, 4.69) is 20.5 Å². The van der Waals surface area contributed by atoms with E-state index in [1.807, 2.05) is 0 Å². The molecule has 0 bridgehead atoms. The minimum atomic E-state index is -0.223. The molecule has 2 aromatic heterocycles. The molecule has 6 heteroatoms. The Morgan fingerprint density at radius 2 is 2.06 bits per heavy atom. The largest absolute Gasteiger partial charge is 0.354 e. The van der Waals surface area contributed by atoms with Gasteiger partial charge in [-0.2, -0.15) is 0 Å². The van der Waals surface area contributed by atoms with E-state index in [9.17, 15) is 4.79 Å². The fourth-order valence-corrected chi connectivity index (χ4v) is 1.38. The van der Waals surface area contributed by atoms with Crippen LogP contribution in [0, 0.1) is 0 Å². The molecule has 2 aromatic rings. The molecule has 2 rings (SSSR count). The third-order valence-corrected chi connectivity index (χ3v) is 2.35. The van der Waals surface area contributed by atoms with Crippen LogP contribution in [0.2, 0.25) is 5.15 Å². The standard InChI is InChI=1S/C11H9ClN4O/c1-13-11(17)9-3-2-7(6-14-9)8-4-5-10(12)16-15-8/h2-6H,1H3,(H,13,17). The van der Waals surface area contributed by atoms with E-state index in [1.165, 1.54) is 0 Å². The molecule has 0 atom stereocenters. The van der Waals surface area contributed by atoms with Crippen LogP contribution in [0.4, 0.5) is 0 Å². The number of hydrogen-bond acceptors (Lipinski definition) is 4. The van der Waals surface area contributed by atoms with E-state index in [4.69, 9.17) is 11.6 Å². The van der Waals surface area contributed by atoms with Gasteiger partial charge in [-0.05, 0) is 24.3 Å². The minimum Gasteiger partial charge on any atom is -0.354 e. The summed E-state index contributed by atoms with van der Waals surface area (Å²) in [6.45, 7) is 0. The summed E-state index contributed by atoms with van der Waals surface area (Å²) in [5, 5.41) is 10.5. The van der Waals surface area contributed by atoms with Crippen molar-refractivity contribution in [1.29, 1.82) is 0 Å². The Morgan fingerprint density at radius 1 is 1.24 bits per heavy atom. The summed E-state index contributed by atoms with van der Waals surface area (Å²) in [5.74, 6) is -0.223. The number of amides is 1. The van der Waals surface area contributed by atoms with Crippen LogP contribution in [-0.2, 0) is 0 Å². The smallest absolute Gasteiger partial charge is 0.269 e. The van der Waals surface area contributed by atoms with Crippen LogP contribution in [0.5, 0.6) is 0 Å². The van der Waals surface area contributed by atoms with E-state index in [0.29, 0.717) is 16.5 Å². The van der Waals surface area contributed by atoms with Gasteiger partial charge in [0.25, 0.3) is 5.91 Å². The molecule has 0 unspecified atom stereocenters. The third-order valence-electron chi connectivity index (χ3n) is 2.15. The molecule has 0 spiro atoms. The Hall–Kier alpha value is -2.01. The monoisotopic (exact) mass is 248 g/mol. The molecular weight excluding hydrogens is 240 g/mol. The van der Waals surface area contributed by atoms with Crippen molar-refractivity contribution < 1.29 is 4.79 Å². The van der Waals surface area contributed by atoms with E-state index < -0.39 is 0 Å². The van der Waals surface area contributed by atoms with Gasteiger partial charge >= 0.3 is 0 Å². The number of halogens is 1. The predicted octanol–water partition coefficient (Wildman–Crippen LogP) is 1.55. The van der Waals surface area contributed by atoms with Crippen LogP contribution < -0.4 is 5.32 Å². The summed E-state index contributed by atoms with van der Waals surface area (Å²) in [5.41, 5.74) is 1.80. The summed E-state index contributed by atoms with van der Waals surface area (Å²) in [6.07, 6.45) is 1.57. The lowest BCUT2D eigenvalue weighted by Crippen LogP contribution is -2.18. The third kappa shape index (κ3) is 2.57. The van der Waals surface area contributed by atoms with Gasteiger partial charge in [-0.25, -0.2) is 0 Å². The Bertz CT molecular complexity index is 524. The number of rotatable bonds is 2. The van der Waals surface area contributed by atoms with Gasteiger partial charge in [-0.1, -0.05) is 11.6 Å². The highest BCUT2D eigenvalue weighted by Crippen LogP contribution is 2.16. The number of carbonyl (C=O) groups excluding carboxylic acids is 1. The van der Waals surface area contributed by atoms with E-state index in [1.54, 1.807) is 37.5 Å². The zero-order valence-corrected chi connectivity index (χ0v) is 9.77. The van der Waals surface area contributed by atoms with Crippen molar-refractivity contribution in [1.82, 2.24) is 20.5 Å². The molecule has 0 fully saturated rings. The van der Waals surface area contributed by atoms with E-state index >= 15 is 0 Å². The summed E-state index contributed by atoms with van der Waals surface area (Å²) in [7, 11) is 1.56. The molecule has 0 aliphatic rings. The van der Waals surface area contributed by atoms with Crippen LogP contribution in [-0.4, -0.2) is 28.1 Å². The number of carbonyl (C=O) groups is 1. The molecule has 1 amide bonds. The van der Waals surface area contributed by atoms with Gasteiger partial charge in [0.05, 0.1) is 5.69 Å². The fourth-order valence-electron chi connectivity index (χ4n) is 1.28. The van der Waals surface area contributed by atoms with Gasteiger partial charge in [0, 0.05) is 18.8 Å². The average Bonchev–Trinajstić information content (AvgIpc) is 2.39. The Balaban J connectivity index is 2.29. The quantitative estimate of drug-likeness (QED) is 0.876. The number of pyridine rings is 1. The fraction of sp³-hybridized carbons (Fsp3) is 0.0909. The first kappa shape index (κ1) is 11.5. The SMILES string of the molecule is CNC(=O)c1ccc(-c2ccc(Cl)nn2)cn1. The first-order valence-corrected chi connectivity index (χ1v) is 5.26. The average molecular weight is 249 g/mol. The lowest BCUT2D eigenvalue weighted by atomic mass is 10.2. The molecule has 17 heavy (non-hydrogen) atoms. The van der Waals surface area contributed by atoms with Crippen molar-refractivity contribution >= 4 is 17.5 Å². The zero-order chi connectivity index (χ0) is 12.3. The maximum Gasteiger partial charge on any atom is 0.269 e. The molecule has 0 radical (unpaired) electrons. The first-order valence-electron chi connectivity index (χ1n) is 4.88. The highest BCUT2D eigenvalue weighted by Gasteiger charge is 2.06. The molecule has 0 aliphatic heterocycles. The first-order chi connectivity index (χ1) is 8.20. The highest BCUT2D eigenvalue weighted by atomic mass is 35.5. The van der Waals surface area contributed by atoms with Crippen molar-refractivity contribution in [3.63, 3.8) is 0 Å². The van der Waals surface area contributed by atoms with Crippen molar-refractivity contribution in [2.75, 3.05) is 7.05 Å². The van der Waals surface area contributed by atoms with Gasteiger partial charge < -0.3 is 5.32 Å². The summed E-state index contributed by atoms with van der Waals surface area (Å²) < 4.78 is 0. The normalized spacial score (nSPS) is 10.0. The van der Waals surface area contributed by atoms with Gasteiger partial charge in [0.15, 0.2) is 5.15 Å². The lowest BCUT2D eigenvalue weighted by molar-refractivity contribution is 0.0958. The zero-order valence-electron chi connectivity index (χ0n) is 9.01. The lowest BCUT2D eigenvalue weighted by Gasteiger charge is -2.01. The van der Waals surface area contributed by atoms with Gasteiger partial charge in [-0.3, -0.25) is 9.78 Å². The van der Waals surface area contributed by atoms with Crippen molar-refractivity contribution in [3.8, 4) is 11.3 Å². The topological polar surface area (TPSA) is 67.8 Å².